The Balaban J connectivity index is 3.18. The van der Waals surface area contributed by atoms with Crippen LogP contribution in [0.5, 0.6) is 0 Å². The molecule has 78 valence electrons. The summed E-state index contributed by atoms with van der Waals surface area (Å²) in [4.78, 5) is 0. The molecule has 0 fully saturated rings. The van der Waals surface area contributed by atoms with E-state index in [9.17, 15) is 9.50 Å². The van der Waals surface area contributed by atoms with Crippen molar-refractivity contribution in [1.82, 2.24) is 0 Å². The molecule has 0 amide bonds. The summed E-state index contributed by atoms with van der Waals surface area (Å²) in [6, 6.07) is 4.12. The standard InChI is InChI=1S/C11H14ClFO/c1-7(2)11(3,14)8-4-9(12)6-10(13)5-8/h4-7,14H,1-3H3. The van der Waals surface area contributed by atoms with E-state index >= 15 is 0 Å². The van der Waals surface area contributed by atoms with E-state index in [1.807, 2.05) is 13.8 Å². The fourth-order valence-electron chi connectivity index (χ4n) is 1.18. The van der Waals surface area contributed by atoms with Crippen LogP contribution in [0.4, 0.5) is 4.39 Å². The van der Waals surface area contributed by atoms with Crippen LogP contribution in [0.1, 0.15) is 26.3 Å². The Hall–Kier alpha value is -0.600. The largest absolute Gasteiger partial charge is 0.385 e. The van der Waals surface area contributed by atoms with Gasteiger partial charge in [-0.25, -0.2) is 4.39 Å². The molecule has 1 nitrogen and oxygen atoms in total. The van der Waals surface area contributed by atoms with Gasteiger partial charge in [0.2, 0.25) is 0 Å². The zero-order chi connectivity index (χ0) is 10.9. The molecule has 14 heavy (non-hydrogen) atoms. The number of hydrogen-bond acceptors (Lipinski definition) is 1. The Bertz CT molecular complexity index is 314. The summed E-state index contributed by atoms with van der Waals surface area (Å²) < 4.78 is 13.0. The molecule has 3 heteroatoms. The first-order chi connectivity index (χ1) is 6.34. The van der Waals surface area contributed by atoms with E-state index in [1.54, 1.807) is 13.0 Å². The third-order valence-corrected chi connectivity index (χ3v) is 2.79. The quantitative estimate of drug-likeness (QED) is 0.804. The maximum atomic E-state index is 13.0. The van der Waals surface area contributed by atoms with Crippen LogP contribution in [0.15, 0.2) is 18.2 Å². The third kappa shape index (κ3) is 2.25. The van der Waals surface area contributed by atoms with E-state index in [-0.39, 0.29) is 5.92 Å². The molecular weight excluding hydrogens is 203 g/mol. The van der Waals surface area contributed by atoms with Crippen molar-refractivity contribution in [2.75, 3.05) is 0 Å². The minimum absolute atomic E-state index is 0.000340. The highest BCUT2D eigenvalue weighted by atomic mass is 35.5. The van der Waals surface area contributed by atoms with Crippen LogP contribution in [0.25, 0.3) is 0 Å². The van der Waals surface area contributed by atoms with Crippen molar-refractivity contribution >= 4 is 11.6 Å². The van der Waals surface area contributed by atoms with Gasteiger partial charge in [0.15, 0.2) is 0 Å². The highest BCUT2D eigenvalue weighted by Crippen LogP contribution is 2.30. The first-order valence-corrected chi connectivity index (χ1v) is 4.90. The Labute approximate surface area is 88.5 Å². The topological polar surface area (TPSA) is 20.2 Å². The second kappa shape index (κ2) is 3.87. The second-order valence-electron chi connectivity index (χ2n) is 3.96. The second-order valence-corrected chi connectivity index (χ2v) is 4.40. The van der Waals surface area contributed by atoms with Crippen LogP contribution in [-0.2, 0) is 5.60 Å². The smallest absolute Gasteiger partial charge is 0.125 e. The van der Waals surface area contributed by atoms with Crippen molar-refractivity contribution in [3.05, 3.63) is 34.6 Å². The summed E-state index contributed by atoms with van der Waals surface area (Å²) >= 11 is 5.71. The summed E-state index contributed by atoms with van der Waals surface area (Å²) in [7, 11) is 0. The van der Waals surface area contributed by atoms with Crippen LogP contribution < -0.4 is 0 Å². The normalized spacial score (nSPS) is 15.6. The Morgan fingerprint density at radius 3 is 2.36 bits per heavy atom. The van der Waals surface area contributed by atoms with E-state index in [0.717, 1.165) is 0 Å². The van der Waals surface area contributed by atoms with Gasteiger partial charge in [-0.1, -0.05) is 25.4 Å². The molecule has 1 aromatic carbocycles. The van der Waals surface area contributed by atoms with Crippen molar-refractivity contribution < 1.29 is 9.50 Å². The van der Waals surface area contributed by atoms with Crippen molar-refractivity contribution in [2.24, 2.45) is 5.92 Å². The number of rotatable bonds is 2. The monoisotopic (exact) mass is 216 g/mol. The molecule has 0 saturated carbocycles. The van der Waals surface area contributed by atoms with E-state index < -0.39 is 11.4 Å². The van der Waals surface area contributed by atoms with E-state index in [2.05, 4.69) is 0 Å². The number of hydrogen-bond donors (Lipinski definition) is 1. The van der Waals surface area contributed by atoms with Crippen LogP contribution in [0, 0.1) is 11.7 Å². The van der Waals surface area contributed by atoms with Gasteiger partial charge in [-0.3, -0.25) is 0 Å². The van der Waals surface area contributed by atoms with Gasteiger partial charge < -0.3 is 5.11 Å². The highest BCUT2D eigenvalue weighted by molar-refractivity contribution is 6.30. The Kier molecular flexibility index (Phi) is 3.17. The fourth-order valence-corrected chi connectivity index (χ4v) is 1.40. The lowest BCUT2D eigenvalue weighted by Crippen LogP contribution is -2.28. The first kappa shape index (κ1) is 11.5. The Morgan fingerprint density at radius 2 is 1.93 bits per heavy atom. The molecular formula is C11H14ClFO. The minimum Gasteiger partial charge on any atom is -0.385 e. The van der Waals surface area contributed by atoms with Gasteiger partial charge in [-0.15, -0.1) is 0 Å². The summed E-state index contributed by atoms with van der Waals surface area (Å²) in [5.74, 6) is -0.422. The van der Waals surface area contributed by atoms with Crippen LogP contribution in [-0.4, -0.2) is 5.11 Å². The average Bonchev–Trinajstić information content (AvgIpc) is 2.01. The maximum Gasteiger partial charge on any atom is 0.125 e. The molecule has 0 radical (unpaired) electrons. The predicted molar refractivity (Wildman–Crippen MR) is 55.8 cm³/mol. The number of halogens is 2. The molecule has 0 aliphatic heterocycles. The number of benzene rings is 1. The lowest BCUT2D eigenvalue weighted by atomic mass is 9.85. The zero-order valence-corrected chi connectivity index (χ0v) is 9.27. The molecule has 1 unspecified atom stereocenters. The van der Waals surface area contributed by atoms with Crippen molar-refractivity contribution in [2.45, 2.75) is 26.4 Å². The minimum atomic E-state index is -1.05. The zero-order valence-electron chi connectivity index (χ0n) is 8.51. The average molecular weight is 217 g/mol. The molecule has 1 aromatic rings. The van der Waals surface area contributed by atoms with Gasteiger partial charge in [-0.2, -0.15) is 0 Å². The summed E-state index contributed by atoms with van der Waals surface area (Å²) in [6.45, 7) is 5.40. The van der Waals surface area contributed by atoms with E-state index in [1.165, 1.54) is 12.1 Å². The molecule has 0 saturated heterocycles. The van der Waals surface area contributed by atoms with Gasteiger partial charge in [0, 0.05) is 5.02 Å². The van der Waals surface area contributed by atoms with E-state index in [0.29, 0.717) is 10.6 Å². The summed E-state index contributed by atoms with van der Waals surface area (Å²) in [6.07, 6.45) is 0. The maximum absolute atomic E-state index is 13.0. The van der Waals surface area contributed by atoms with Crippen LogP contribution in [0.2, 0.25) is 5.02 Å². The molecule has 0 bridgehead atoms. The lowest BCUT2D eigenvalue weighted by molar-refractivity contribution is 0.00879. The predicted octanol–water partition coefficient (Wildman–Crippen LogP) is 3.34. The van der Waals surface area contributed by atoms with Crippen molar-refractivity contribution in [3.8, 4) is 0 Å². The molecule has 1 N–H and O–H groups in total. The molecule has 1 rings (SSSR count). The molecule has 0 aliphatic rings. The van der Waals surface area contributed by atoms with Gasteiger partial charge in [-0.05, 0) is 36.6 Å². The van der Waals surface area contributed by atoms with Crippen LogP contribution in [0.3, 0.4) is 0 Å². The third-order valence-electron chi connectivity index (χ3n) is 2.57. The molecule has 0 spiro atoms. The van der Waals surface area contributed by atoms with Gasteiger partial charge in [0.25, 0.3) is 0 Å². The summed E-state index contributed by atoms with van der Waals surface area (Å²) in [5.41, 5.74) is -0.538. The van der Waals surface area contributed by atoms with Crippen molar-refractivity contribution in [1.29, 1.82) is 0 Å². The van der Waals surface area contributed by atoms with Gasteiger partial charge in [0.1, 0.15) is 5.82 Å². The lowest BCUT2D eigenvalue weighted by Gasteiger charge is -2.28. The van der Waals surface area contributed by atoms with Crippen LogP contribution >= 0.6 is 11.6 Å². The van der Waals surface area contributed by atoms with Gasteiger partial charge >= 0.3 is 0 Å². The van der Waals surface area contributed by atoms with Gasteiger partial charge in [0.05, 0.1) is 5.60 Å². The highest BCUT2D eigenvalue weighted by Gasteiger charge is 2.27. The molecule has 0 aliphatic carbocycles. The van der Waals surface area contributed by atoms with Crippen molar-refractivity contribution in [3.63, 3.8) is 0 Å². The fraction of sp³-hybridized carbons (Fsp3) is 0.455. The number of aliphatic hydroxyl groups is 1. The molecule has 0 heterocycles. The van der Waals surface area contributed by atoms with E-state index in [4.69, 9.17) is 11.6 Å². The summed E-state index contributed by atoms with van der Waals surface area (Å²) in [5, 5.41) is 10.4. The molecule has 0 aromatic heterocycles. The Morgan fingerprint density at radius 1 is 1.36 bits per heavy atom. The SMILES string of the molecule is CC(C)C(C)(O)c1cc(F)cc(Cl)c1. The first-order valence-electron chi connectivity index (χ1n) is 4.53. The molecule has 1 atom stereocenters.